The summed E-state index contributed by atoms with van der Waals surface area (Å²) in [7, 11) is 0. The number of rotatable bonds is 5. The number of hydrogen-bond acceptors (Lipinski definition) is 3. The van der Waals surface area contributed by atoms with Crippen LogP contribution in [0.15, 0.2) is 24.3 Å². The summed E-state index contributed by atoms with van der Waals surface area (Å²) >= 11 is 0. The molecule has 1 aliphatic heterocycles. The topological polar surface area (TPSA) is 67.4 Å². The standard InChI is InChI=1S/C15H20N2O3/c1-10-5-3-4-6-13(10)20-11(2)9-16-15(19)12-7-8-14(18)17-12/h3-6,11-12H,7-9H2,1-2H3,(H,16,19)(H,17,18). The molecule has 1 heterocycles. The SMILES string of the molecule is Cc1ccccc1OC(C)CNC(=O)C1CCC(=O)N1. The molecule has 0 aromatic heterocycles. The highest BCUT2D eigenvalue weighted by Crippen LogP contribution is 2.17. The van der Waals surface area contributed by atoms with Crippen molar-refractivity contribution in [2.45, 2.75) is 38.8 Å². The van der Waals surface area contributed by atoms with E-state index in [1.165, 1.54) is 0 Å². The quantitative estimate of drug-likeness (QED) is 0.848. The van der Waals surface area contributed by atoms with E-state index in [4.69, 9.17) is 4.74 Å². The number of amides is 2. The first-order chi connectivity index (χ1) is 9.56. The molecule has 1 aromatic rings. The number of hydrogen-bond donors (Lipinski definition) is 2. The van der Waals surface area contributed by atoms with Gasteiger partial charge >= 0.3 is 0 Å². The maximum absolute atomic E-state index is 11.8. The van der Waals surface area contributed by atoms with Crippen LogP contribution in [0.2, 0.25) is 0 Å². The molecule has 5 nitrogen and oxygen atoms in total. The van der Waals surface area contributed by atoms with E-state index in [0.717, 1.165) is 11.3 Å². The fourth-order valence-electron chi connectivity index (χ4n) is 2.13. The van der Waals surface area contributed by atoms with Crippen LogP contribution in [0.1, 0.15) is 25.3 Å². The van der Waals surface area contributed by atoms with E-state index in [9.17, 15) is 9.59 Å². The summed E-state index contributed by atoms with van der Waals surface area (Å²) in [5.74, 6) is 0.619. The van der Waals surface area contributed by atoms with Crippen LogP contribution in [-0.2, 0) is 9.59 Å². The summed E-state index contributed by atoms with van der Waals surface area (Å²) in [6, 6.07) is 7.37. The molecule has 1 aromatic carbocycles. The highest BCUT2D eigenvalue weighted by Gasteiger charge is 2.27. The molecule has 0 saturated carbocycles. The summed E-state index contributed by atoms with van der Waals surface area (Å²) in [6.07, 6.45) is 0.863. The van der Waals surface area contributed by atoms with E-state index >= 15 is 0 Å². The molecule has 1 fully saturated rings. The number of para-hydroxylation sites is 1. The maximum atomic E-state index is 11.8. The summed E-state index contributed by atoms with van der Waals surface area (Å²) < 4.78 is 5.78. The zero-order valence-corrected chi connectivity index (χ0v) is 11.8. The van der Waals surface area contributed by atoms with Crippen molar-refractivity contribution in [1.29, 1.82) is 0 Å². The van der Waals surface area contributed by atoms with Crippen LogP contribution in [0, 0.1) is 6.92 Å². The van der Waals surface area contributed by atoms with Gasteiger partial charge in [0.05, 0.1) is 6.54 Å². The second-order valence-electron chi connectivity index (χ2n) is 5.10. The lowest BCUT2D eigenvalue weighted by atomic mass is 10.2. The molecule has 20 heavy (non-hydrogen) atoms. The fourth-order valence-corrected chi connectivity index (χ4v) is 2.13. The van der Waals surface area contributed by atoms with Crippen LogP contribution in [0.5, 0.6) is 5.75 Å². The van der Waals surface area contributed by atoms with E-state index < -0.39 is 6.04 Å². The van der Waals surface area contributed by atoms with Gasteiger partial charge < -0.3 is 15.4 Å². The lowest BCUT2D eigenvalue weighted by molar-refractivity contribution is -0.126. The first-order valence-electron chi connectivity index (χ1n) is 6.85. The third-order valence-corrected chi connectivity index (χ3v) is 3.30. The first-order valence-corrected chi connectivity index (χ1v) is 6.85. The summed E-state index contributed by atoms with van der Waals surface area (Å²) in [6.45, 7) is 4.30. The molecule has 2 N–H and O–H groups in total. The second kappa shape index (κ2) is 6.41. The van der Waals surface area contributed by atoms with Gasteiger partial charge in [-0.3, -0.25) is 9.59 Å². The Morgan fingerprint density at radius 2 is 2.25 bits per heavy atom. The van der Waals surface area contributed by atoms with Gasteiger partial charge in [0.2, 0.25) is 11.8 Å². The Bertz CT molecular complexity index is 502. The summed E-state index contributed by atoms with van der Waals surface area (Å²) in [4.78, 5) is 22.9. The highest BCUT2D eigenvalue weighted by molar-refractivity contribution is 5.90. The van der Waals surface area contributed by atoms with Crippen molar-refractivity contribution >= 4 is 11.8 Å². The molecule has 1 saturated heterocycles. The summed E-state index contributed by atoms with van der Waals surface area (Å²) in [5.41, 5.74) is 1.06. The molecule has 2 atom stereocenters. The molecule has 0 spiro atoms. The minimum Gasteiger partial charge on any atom is -0.489 e. The Balaban J connectivity index is 1.78. The van der Waals surface area contributed by atoms with Crippen LogP contribution in [-0.4, -0.2) is 30.5 Å². The van der Waals surface area contributed by atoms with Crippen molar-refractivity contribution in [2.75, 3.05) is 6.54 Å². The zero-order chi connectivity index (χ0) is 14.5. The van der Waals surface area contributed by atoms with Crippen molar-refractivity contribution in [2.24, 2.45) is 0 Å². The number of nitrogens with one attached hydrogen (secondary N) is 2. The average molecular weight is 276 g/mol. The highest BCUT2D eigenvalue weighted by atomic mass is 16.5. The molecule has 2 rings (SSSR count). The van der Waals surface area contributed by atoms with E-state index in [2.05, 4.69) is 10.6 Å². The molecule has 0 radical (unpaired) electrons. The van der Waals surface area contributed by atoms with Crippen LogP contribution >= 0.6 is 0 Å². The minimum atomic E-state index is -0.395. The van der Waals surface area contributed by atoms with E-state index in [1.807, 2.05) is 38.1 Å². The normalized spacial score (nSPS) is 19.3. The second-order valence-corrected chi connectivity index (χ2v) is 5.10. The van der Waals surface area contributed by atoms with Gasteiger partial charge in [-0.1, -0.05) is 18.2 Å². The van der Waals surface area contributed by atoms with Crippen LogP contribution in [0.25, 0.3) is 0 Å². The number of carbonyl (C=O) groups is 2. The van der Waals surface area contributed by atoms with Crippen LogP contribution in [0.3, 0.4) is 0 Å². The third kappa shape index (κ3) is 3.73. The van der Waals surface area contributed by atoms with Crippen molar-refractivity contribution in [3.05, 3.63) is 29.8 Å². The van der Waals surface area contributed by atoms with Crippen molar-refractivity contribution in [3.8, 4) is 5.75 Å². The summed E-state index contributed by atoms with van der Waals surface area (Å²) in [5, 5.41) is 5.45. The molecule has 2 unspecified atom stereocenters. The van der Waals surface area contributed by atoms with E-state index in [-0.39, 0.29) is 17.9 Å². The largest absolute Gasteiger partial charge is 0.489 e. The molecular formula is C15H20N2O3. The molecule has 0 bridgehead atoms. The fraction of sp³-hybridized carbons (Fsp3) is 0.467. The van der Waals surface area contributed by atoms with Gasteiger partial charge in [-0.15, -0.1) is 0 Å². The van der Waals surface area contributed by atoms with Gasteiger partial charge in [0.1, 0.15) is 17.9 Å². The van der Waals surface area contributed by atoms with Crippen molar-refractivity contribution < 1.29 is 14.3 Å². The van der Waals surface area contributed by atoms with E-state index in [0.29, 0.717) is 19.4 Å². The Morgan fingerprint density at radius 1 is 1.50 bits per heavy atom. The monoisotopic (exact) mass is 276 g/mol. The molecule has 0 aliphatic carbocycles. The Kier molecular flexibility index (Phi) is 4.61. The Morgan fingerprint density at radius 3 is 2.90 bits per heavy atom. The Labute approximate surface area is 118 Å². The van der Waals surface area contributed by atoms with Gasteiger partial charge in [-0.05, 0) is 31.9 Å². The molecule has 2 amide bonds. The Hall–Kier alpha value is -2.04. The molecule has 1 aliphatic rings. The van der Waals surface area contributed by atoms with Crippen LogP contribution < -0.4 is 15.4 Å². The predicted molar refractivity (Wildman–Crippen MR) is 75.4 cm³/mol. The zero-order valence-electron chi connectivity index (χ0n) is 11.8. The van der Waals surface area contributed by atoms with Gasteiger partial charge in [-0.25, -0.2) is 0 Å². The number of aryl methyl sites for hydroxylation is 1. The smallest absolute Gasteiger partial charge is 0.242 e. The average Bonchev–Trinajstić information content (AvgIpc) is 2.85. The van der Waals surface area contributed by atoms with Gasteiger partial charge in [0.15, 0.2) is 0 Å². The van der Waals surface area contributed by atoms with Gasteiger partial charge in [-0.2, -0.15) is 0 Å². The van der Waals surface area contributed by atoms with Crippen molar-refractivity contribution in [3.63, 3.8) is 0 Å². The predicted octanol–water partition coefficient (Wildman–Crippen LogP) is 1.16. The number of carbonyl (C=O) groups excluding carboxylic acids is 2. The molecule has 108 valence electrons. The van der Waals surface area contributed by atoms with Crippen molar-refractivity contribution in [1.82, 2.24) is 10.6 Å². The van der Waals surface area contributed by atoms with Gasteiger partial charge in [0, 0.05) is 6.42 Å². The number of benzene rings is 1. The molecule has 5 heteroatoms. The maximum Gasteiger partial charge on any atom is 0.242 e. The lowest BCUT2D eigenvalue weighted by Crippen LogP contribution is -2.44. The third-order valence-electron chi connectivity index (χ3n) is 3.30. The van der Waals surface area contributed by atoms with Gasteiger partial charge in [0.25, 0.3) is 0 Å². The lowest BCUT2D eigenvalue weighted by Gasteiger charge is -2.18. The first kappa shape index (κ1) is 14.4. The minimum absolute atomic E-state index is 0.0608. The molecular weight excluding hydrogens is 256 g/mol. The number of ether oxygens (including phenoxy) is 1. The van der Waals surface area contributed by atoms with E-state index in [1.54, 1.807) is 0 Å². The van der Waals surface area contributed by atoms with Crippen LogP contribution in [0.4, 0.5) is 0 Å².